The number of aromatic nitrogens is 2. The molecule has 1 aliphatic carbocycles. The molecule has 208 valence electrons. The number of benzene rings is 1. The van der Waals surface area contributed by atoms with Gasteiger partial charge in [0.2, 0.25) is 5.91 Å². The van der Waals surface area contributed by atoms with Gasteiger partial charge >= 0.3 is 0 Å². The van der Waals surface area contributed by atoms with Gasteiger partial charge < -0.3 is 15.1 Å². The summed E-state index contributed by atoms with van der Waals surface area (Å²) in [6, 6.07) is 10.5. The van der Waals surface area contributed by atoms with E-state index < -0.39 is 23.4 Å². The average molecular weight is 586 g/mol. The van der Waals surface area contributed by atoms with E-state index in [1.54, 1.807) is 17.2 Å². The van der Waals surface area contributed by atoms with Gasteiger partial charge in [-0.25, -0.2) is 13.2 Å². The van der Waals surface area contributed by atoms with Crippen molar-refractivity contribution in [2.75, 3.05) is 24.5 Å². The number of likely N-dealkylation sites (tertiary alicyclic amines) is 1. The minimum Gasteiger partial charge on any atom is -0.349 e. The van der Waals surface area contributed by atoms with Crippen LogP contribution < -0.4 is 10.2 Å². The fourth-order valence-corrected chi connectivity index (χ4v) is 6.85. The summed E-state index contributed by atoms with van der Waals surface area (Å²) in [6.45, 7) is 1.23. The van der Waals surface area contributed by atoms with Crippen molar-refractivity contribution in [3.8, 4) is 0 Å². The molecule has 6 rings (SSSR count). The van der Waals surface area contributed by atoms with Crippen molar-refractivity contribution in [2.24, 2.45) is 5.92 Å². The Balaban J connectivity index is 1.09. The second kappa shape index (κ2) is 10.5. The van der Waals surface area contributed by atoms with Crippen LogP contribution in [0.2, 0.25) is 5.02 Å². The van der Waals surface area contributed by atoms with Gasteiger partial charge in [0.25, 0.3) is 18.2 Å². The van der Waals surface area contributed by atoms with Gasteiger partial charge in [-0.1, -0.05) is 29.8 Å². The number of amides is 3. The SMILES string of the molecule is O=C(N[C@H]1CC[C@H](CN2C(=O)C3(CN(C(=O)c4ccns4)C3)c3ccccc32)CC1)c1cc(Cl)cnc1C(F)F. The quantitative estimate of drug-likeness (QED) is 0.446. The Morgan fingerprint density at radius 3 is 2.60 bits per heavy atom. The first-order chi connectivity index (χ1) is 19.3. The molecule has 40 heavy (non-hydrogen) atoms. The molecule has 0 unspecified atom stereocenters. The minimum atomic E-state index is -2.88. The molecule has 2 aliphatic heterocycles. The molecule has 3 amide bonds. The van der Waals surface area contributed by atoms with Crippen LogP contribution in [0, 0.1) is 5.92 Å². The maximum Gasteiger partial charge on any atom is 0.281 e. The van der Waals surface area contributed by atoms with E-state index in [4.69, 9.17) is 11.6 Å². The van der Waals surface area contributed by atoms with Crippen LogP contribution in [0.3, 0.4) is 0 Å². The number of fused-ring (bicyclic) bond motifs is 2. The Hall–Kier alpha value is -3.44. The Morgan fingerprint density at radius 2 is 1.90 bits per heavy atom. The standard InChI is InChI=1S/C28H26ClF2N5O3S/c29-17-11-19(23(24(30)31)32-12-17)25(37)34-18-7-5-16(6-8-18)13-36-21-4-2-1-3-20(21)28(27(36)39)14-35(15-28)26(38)22-9-10-33-40-22/h1-4,9-12,16,18,24H,5-8,13-15H2,(H,34,37)/t16-,18-. The molecular formula is C28H26ClF2N5O3S. The summed E-state index contributed by atoms with van der Waals surface area (Å²) in [5, 5.41) is 2.98. The van der Waals surface area contributed by atoms with Crippen LogP contribution >= 0.6 is 23.1 Å². The summed E-state index contributed by atoms with van der Waals surface area (Å²) < 4.78 is 30.7. The molecule has 3 aromatic rings. The van der Waals surface area contributed by atoms with Crippen molar-refractivity contribution in [1.29, 1.82) is 0 Å². The fourth-order valence-electron chi connectivity index (χ4n) is 6.13. The van der Waals surface area contributed by atoms with Crippen molar-refractivity contribution in [2.45, 2.75) is 43.6 Å². The lowest BCUT2D eigenvalue weighted by atomic mass is 9.74. The summed E-state index contributed by atoms with van der Waals surface area (Å²) in [5.41, 5.74) is 0.326. The lowest BCUT2D eigenvalue weighted by Gasteiger charge is -2.46. The Bertz CT molecular complexity index is 1460. The number of pyridine rings is 1. The van der Waals surface area contributed by atoms with Crippen molar-refractivity contribution < 1.29 is 23.2 Å². The number of nitrogens with one attached hydrogen (secondary N) is 1. The summed E-state index contributed by atoms with van der Waals surface area (Å²) in [7, 11) is 0. The lowest BCUT2D eigenvalue weighted by Crippen LogP contribution is -2.65. The van der Waals surface area contributed by atoms with Gasteiger partial charge in [0, 0.05) is 43.8 Å². The van der Waals surface area contributed by atoms with Gasteiger partial charge in [-0.05, 0) is 66.9 Å². The third kappa shape index (κ3) is 4.64. The molecule has 0 radical (unpaired) electrons. The van der Waals surface area contributed by atoms with Crippen LogP contribution in [0.15, 0.2) is 48.8 Å². The molecule has 1 spiro atoms. The Morgan fingerprint density at radius 1 is 1.15 bits per heavy atom. The van der Waals surface area contributed by atoms with E-state index in [2.05, 4.69) is 14.7 Å². The van der Waals surface area contributed by atoms with Crippen LogP contribution in [0.5, 0.6) is 0 Å². The summed E-state index contributed by atoms with van der Waals surface area (Å²) in [6.07, 6.45) is 2.70. The third-order valence-electron chi connectivity index (χ3n) is 8.18. The molecule has 1 aromatic carbocycles. The van der Waals surface area contributed by atoms with E-state index in [-0.39, 0.29) is 34.4 Å². The van der Waals surface area contributed by atoms with Crippen LogP contribution in [0.4, 0.5) is 14.5 Å². The van der Waals surface area contributed by atoms with E-state index in [1.165, 1.54) is 6.07 Å². The highest BCUT2D eigenvalue weighted by Crippen LogP contribution is 2.48. The maximum absolute atomic E-state index is 13.8. The van der Waals surface area contributed by atoms with Gasteiger partial charge in [0.15, 0.2) is 0 Å². The highest BCUT2D eigenvalue weighted by molar-refractivity contribution is 7.08. The highest BCUT2D eigenvalue weighted by atomic mass is 35.5. The fraction of sp³-hybridized carbons (Fsp3) is 0.393. The number of alkyl halides is 2. The predicted octanol–water partition coefficient (Wildman–Crippen LogP) is 4.86. The third-order valence-corrected chi connectivity index (χ3v) is 9.12. The van der Waals surface area contributed by atoms with E-state index in [9.17, 15) is 23.2 Å². The minimum absolute atomic E-state index is 0.0189. The van der Waals surface area contributed by atoms with Gasteiger partial charge in [0.05, 0.1) is 10.6 Å². The first-order valence-corrected chi connectivity index (χ1v) is 14.3. The van der Waals surface area contributed by atoms with Crippen molar-refractivity contribution >= 4 is 46.5 Å². The van der Waals surface area contributed by atoms with E-state index in [1.807, 2.05) is 29.2 Å². The van der Waals surface area contributed by atoms with E-state index in [0.717, 1.165) is 41.8 Å². The molecule has 2 aromatic heterocycles. The number of halogens is 3. The smallest absolute Gasteiger partial charge is 0.281 e. The zero-order valence-corrected chi connectivity index (χ0v) is 22.9. The largest absolute Gasteiger partial charge is 0.349 e. The molecule has 0 atom stereocenters. The highest BCUT2D eigenvalue weighted by Gasteiger charge is 2.59. The summed E-state index contributed by atoms with van der Waals surface area (Å²) in [4.78, 5) is 47.1. The summed E-state index contributed by atoms with van der Waals surface area (Å²) in [5.74, 6) is -0.474. The topological polar surface area (TPSA) is 95.5 Å². The number of hydrogen-bond acceptors (Lipinski definition) is 6. The van der Waals surface area contributed by atoms with Crippen molar-refractivity contribution in [3.63, 3.8) is 0 Å². The maximum atomic E-state index is 13.8. The van der Waals surface area contributed by atoms with Gasteiger partial charge in [-0.3, -0.25) is 19.4 Å². The van der Waals surface area contributed by atoms with Crippen molar-refractivity contribution in [3.05, 3.63) is 75.5 Å². The van der Waals surface area contributed by atoms with Crippen LogP contribution in [0.1, 0.15) is 63.4 Å². The molecule has 0 bridgehead atoms. The first-order valence-electron chi connectivity index (χ1n) is 13.1. The molecular weight excluding hydrogens is 560 g/mol. The van der Waals surface area contributed by atoms with Gasteiger partial charge in [-0.2, -0.15) is 0 Å². The second-order valence-corrected chi connectivity index (χ2v) is 11.9. The average Bonchev–Trinajstić information content (AvgIpc) is 3.54. The molecule has 4 heterocycles. The molecule has 12 heteroatoms. The first kappa shape index (κ1) is 26.8. The number of hydrogen-bond donors (Lipinski definition) is 1. The normalized spacial score (nSPS) is 21.4. The number of carbonyl (C=O) groups is 3. The molecule has 2 fully saturated rings. The molecule has 1 saturated heterocycles. The van der Waals surface area contributed by atoms with Crippen LogP contribution in [-0.4, -0.2) is 57.7 Å². The Labute approximate surface area is 238 Å². The van der Waals surface area contributed by atoms with Crippen LogP contribution in [0.25, 0.3) is 0 Å². The monoisotopic (exact) mass is 585 g/mol. The van der Waals surface area contributed by atoms with Crippen LogP contribution in [-0.2, 0) is 10.2 Å². The number of nitrogens with zero attached hydrogens (tertiary/aromatic N) is 4. The number of anilines is 1. The predicted molar refractivity (Wildman–Crippen MR) is 146 cm³/mol. The van der Waals surface area contributed by atoms with E-state index >= 15 is 0 Å². The Kier molecular flexibility index (Phi) is 7.03. The zero-order chi connectivity index (χ0) is 28.0. The molecule has 1 N–H and O–H groups in total. The summed E-state index contributed by atoms with van der Waals surface area (Å²) >= 11 is 7.05. The number of carbonyl (C=O) groups excluding carboxylic acids is 3. The molecule has 1 saturated carbocycles. The van der Waals surface area contributed by atoms with E-state index in [0.29, 0.717) is 37.4 Å². The van der Waals surface area contributed by atoms with Crippen molar-refractivity contribution in [1.82, 2.24) is 19.6 Å². The second-order valence-electron chi connectivity index (χ2n) is 10.6. The molecule has 3 aliphatic rings. The molecule has 8 nitrogen and oxygen atoms in total. The number of rotatable bonds is 6. The van der Waals surface area contributed by atoms with Gasteiger partial charge in [0.1, 0.15) is 16.0 Å². The number of para-hydroxylation sites is 1. The van der Waals surface area contributed by atoms with Gasteiger partial charge in [-0.15, -0.1) is 0 Å². The lowest BCUT2D eigenvalue weighted by molar-refractivity contribution is -0.128. The zero-order valence-electron chi connectivity index (χ0n) is 21.4.